The molecule has 2 heterocycles. The molecular formula is C23H25F2NO5. The van der Waals surface area contributed by atoms with Crippen LogP contribution in [0, 0.1) is 11.6 Å². The number of hydrogen-bond donors (Lipinski definition) is 0. The lowest BCUT2D eigenvalue weighted by Gasteiger charge is -2.19. The number of benzene rings is 2. The van der Waals surface area contributed by atoms with E-state index in [-0.39, 0.29) is 30.5 Å². The van der Waals surface area contributed by atoms with Crippen molar-refractivity contribution >= 4 is 5.91 Å². The van der Waals surface area contributed by atoms with Crippen LogP contribution in [0.3, 0.4) is 0 Å². The van der Waals surface area contributed by atoms with E-state index in [1.54, 1.807) is 12.0 Å². The number of ether oxygens (including phenoxy) is 4. The van der Waals surface area contributed by atoms with Crippen molar-refractivity contribution in [1.82, 2.24) is 4.90 Å². The van der Waals surface area contributed by atoms with Crippen LogP contribution >= 0.6 is 0 Å². The maximum atomic E-state index is 13.7. The molecule has 0 aliphatic carbocycles. The number of nitrogens with zero attached hydrogens (tertiary/aromatic N) is 1. The van der Waals surface area contributed by atoms with Gasteiger partial charge in [-0.2, -0.15) is 4.39 Å². The Labute approximate surface area is 179 Å². The van der Waals surface area contributed by atoms with Crippen molar-refractivity contribution < 1.29 is 32.5 Å². The van der Waals surface area contributed by atoms with Crippen LogP contribution in [0.15, 0.2) is 36.4 Å². The fraction of sp³-hybridized carbons (Fsp3) is 0.435. The molecule has 2 fully saturated rings. The molecule has 0 spiro atoms. The summed E-state index contributed by atoms with van der Waals surface area (Å²) in [7, 11) is 1.58. The molecule has 1 amide bonds. The molecule has 6 nitrogen and oxygen atoms in total. The number of methoxy groups -OCH3 is 1. The Morgan fingerprint density at radius 2 is 2.03 bits per heavy atom. The van der Waals surface area contributed by atoms with Crippen molar-refractivity contribution in [1.29, 1.82) is 0 Å². The molecule has 166 valence electrons. The molecule has 2 aromatic carbocycles. The Hall–Kier alpha value is -2.87. The summed E-state index contributed by atoms with van der Waals surface area (Å²) in [4.78, 5) is 14.1. The number of amides is 1. The Bertz CT molecular complexity index is 932. The first-order chi connectivity index (χ1) is 15.0. The van der Waals surface area contributed by atoms with Gasteiger partial charge in [0.15, 0.2) is 29.4 Å². The molecule has 2 atom stereocenters. The molecule has 2 aliphatic heterocycles. The number of hydrogen-bond acceptors (Lipinski definition) is 5. The van der Waals surface area contributed by atoms with Gasteiger partial charge in [0.25, 0.3) is 0 Å². The maximum Gasteiger partial charge on any atom is 0.223 e. The topological polar surface area (TPSA) is 57.2 Å². The van der Waals surface area contributed by atoms with Crippen LogP contribution < -0.4 is 14.2 Å². The van der Waals surface area contributed by atoms with Crippen LogP contribution in [0.4, 0.5) is 8.78 Å². The first-order valence-electron chi connectivity index (χ1n) is 10.4. The Morgan fingerprint density at radius 1 is 1.16 bits per heavy atom. The lowest BCUT2D eigenvalue weighted by atomic mass is 9.98. The zero-order valence-electron chi connectivity index (χ0n) is 17.3. The van der Waals surface area contributed by atoms with E-state index < -0.39 is 11.6 Å². The molecule has 2 aliphatic rings. The molecule has 2 saturated heterocycles. The van der Waals surface area contributed by atoms with Crippen LogP contribution in [-0.4, -0.2) is 50.5 Å². The highest BCUT2D eigenvalue weighted by molar-refractivity contribution is 5.79. The summed E-state index contributed by atoms with van der Waals surface area (Å²) in [5.74, 6) is -0.940. The zero-order chi connectivity index (χ0) is 21.8. The second-order valence-corrected chi connectivity index (χ2v) is 7.61. The third-order valence-electron chi connectivity index (χ3n) is 5.55. The summed E-state index contributed by atoms with van der Waals surface area (Å²) >= 11 is 0. The highest BCUT2D eigenvalue weighted by atomic mass is 19.2. The van der Waals surface area contributed by atoms with Crippen molar-refractivity contribution in [2.24, 2.45) is 0 Å². The van der Waals surface area contributed by atoms with Crippen molar-refractivity contribution in [3.05, 3.63) is 53.6 Å². The number of carbonyl (C=O) groups excluding carboxylic acids is 1. The van der Waals surface area contributed by atoms with E-state index in [0.717, 1.165) is 24.5 Å². The van der Waals surface area contributed by atoms with Gasteiger partial charge < -0.3 is 23.8 Å². The predicted molar refractivity (Wildman–Crippen MR) is 108 cm³/mol. The number of likely N-dealkylation sites (tertiary alicyclic amines) is 1. The quantitative estimate of drug-likeness (QED) is 0.632. The molecule has 2 aromatic rings. The summed E-state index contributed by atoms with van der Waals surface area (Å²) in [5.41, 5.74) is 0.974. The minimum atomic E-state index is -1.02. The van der Waals surface area contributed by atoms with Gasteiger partial charge in [-0.15, -0.1) is 0 Å². The molecular weight excluding hydrogens is 408 g/mol. The number of halogens is 2. The summed E-state index contributed by atoms with van der Waals surface area (Å²) in [6, 6.07) is 9.44. The average molecular weight is 433 g/mol. The van der Waals surface area contributed by atoms with Gasteiger partial charge in [-0.1, -0.05) is 12.1 Å². The third-order valence-corrected chi connectivity index (χ3v) is 5.55. The standard InChI is InChI=1S/C23H25F2NO5/c1-28-18-8-7-15(12-20(18)31-22-6-3-10-30-22)16-13-21(27)26(14-16)9-11-29-19-5-2-4-17(24)23(19)25/h2,4-5,7-8,12,16,22H,3,6,9-11,13-14H2,1H3/t16-,22?/m1/s1. The van der Waals surface area contributed by atoms with Gasteiger partial charge in [-0.3, -0.25) is 4.79 Å². The Balaban J connectivity index is 1.37. The molecule has 0 saturated carbocycles. The van der Waals surface area contributed by atoms with E-state index in [1.807, 2.05) is 18.2 Å². The highest BCUT2D eigenvalue weighted by Crippen LogP contribution is 2.36. The second kappa shape index (κ2) is 9.51. The van der Waals surface area contributed by atoms with Crippen molar-refractivity contribution in [2.75, 3.05) is 33.4 Å². The summed E-state index contributed by atoms with van der Waals surface area (Å²) in [6.45, 7) is 1.56. The predicted octanol–water partition coefficient (Wildman–Crippen LogP) is 3.88. The van der Waals surface area contributed by atoms with Crippen molar-refractivity contribution in [3.63, 3.8) is 0 Å². The van der Waals surface area contributed by atoms with Crippen molar-refractivity contribution in [2.45, 2.75) is 31.5 Å². The fourth-order valence-corrected chi connectivity index (χ4v) is 3.89. The van der Waals surface area contributed by atoms with E-state index in [1.165, 1.54) is 12.1 Å². The summed E-state index contributed by atoms with van der Waals surface area (Å²) < 4.78 is 49.2. The molecule has 0 radical (unpaired) electrons. The van der Waals surface area contributed by atoms with E-state index in [9.17, 15) is 13.6 Å². The minimum absolute atomic E-state index is 0.00356. The Morgan fingerprint density at radius 3 is 2.81 bits per heavy atom. The smallest absolute Gasteiger partial charge is 0.223 e. The third kappa shape index (κ3) is 4.90. The van der Waals surface area contributed by atoms with Crippen LogP contribution in [0.2, 0.25) is 0 Å². The van der Waals surface area contributed by atoms with Gasteiger partial charge in [0, 0.05) is 25.3 Å². The van der Waals surface area contributed by atoms with E-state index >= 15 is 0 Å². The monoisotopic (exact) mass is 433 g/mol. The van der Waals surface area contributed by atoms with E-state index in [4.69, 9.17) is 18.9 Å². The second-order valence-electron chi connectivity index (χ2n) is 7.61. The highest BCUT2D eigenvalue weighted by Gasteiger charge is 2.31. The van der Waals surface area contributed by atoms with E-state index in [2.05, 4.69) is 0 Å². The first kappa shape index (κ1) is 21.4. The average Bonchev–Trinajstić information content (AvgIpc) is 3.41. The number of carbonyl (C=O) groups is 1. The normalized spacial score (nSPS) is 20.9. The fourth-order valence-electron chi connectivity index (χ4n) is 3.89. The molecule has 31 heavy (non-hydrogen) atoms. The largest absolute Gasteiger partial charge is 0.493 e. The SMILES string of the molecule is COc1ccc([C@@H]2CC(=O)N(CCOc3cccc(F)c3F)C2)cc1OC1CCCO1. The molecule has 0 aromatic heterocycles. The van der Waals surface area contributed by atoms with Crippen LogP contribution in [0.5, 0.6) is 17.2 Å². The molecule has 8 heteroatoms. The molecule has 0 N–H and O–H groups in total. The zero-order valence-corrected chi connectivity index (χ0v) is 17.3. The molecule has 4 rings (SSSR count). The van der Waals surface area contributed by atoms with Gasteiger partial charge in [0.1, 0.15) is 6.61 Å². The minimum Gasteiger partial charge on any atom is -0.493 e. The van der Waals surface area contributed by atoms with Crippen molar-refractivity contribution in [3.8, 4) is 17.2 Å². The first-order valence-corrected chi connectivity index (χ1v) is 10.4. The van der Waals surface area contributed by atoms with Gasteiger partial charge in [-0.05, 0) is 36.2 Å². The molecule has 1 unspecified atom stereocenters. The maximum absolute atomic E-state index is 13.7. The Kier molecular flexibility index (Phi) is 6.56. The number of rotatable bonds is 8. The van der Waals surface area contributed by atoms with E-state index in [0.29, 0.717) is 37.6 Å². The summed E-state index contributed by atoms with van der Waals surface area (Å²) in [5, 5.41) is 0. The van der Waals surface area contributed by atoms with Gasteiger partial charge in [-0.25, -0.2) is 4.39 Å². The molecule has 0 bridgehead atoms. The van der Waals surface area contributed by atoms with Gasteiger partial charge in [0.05, 0.1) is 20.3 Å². The lowest BCUT2D eigenvalue weighted by Crippen LogP contribution is -2.29. The van der Waals surface area contributed by atoms with Gasteiger partial charge in [0.2, 0.25) is 11.7 Å². The lowest BCUT2D eigenvalue weighted by molar-refractivity contribution is -0.128. The summed E-state index contributed by atoms with van der Waals surface area (Å²) in [6.07, 6.45) is 1.86. The van der Waals surface area contributed by atoms with Crippen LogP contribution in [0.1, 0.15) is 30.7 Å². The van der Waals surface area contributed by atoms with Gasteiger partial charge >= 0.3 is 0 Å². The van der Waals surface area contributed by atoms with Crippen LogP contribution in [0.25, 0.3) is 0 Å². The van der Waals surface area contributed by atoms with Crippen LogP contribution in [-0.2, 0) is 9.53 Å².